The first-order chi connectivity index (χ1) is 12.2. The molecule has 0 bridgehead atoms. The van der Waals surface area contributed by atoms with Crippen LogP contribution in [0.4, 0.5) is 0 Å². The highest BCUT2D eigenvalue weighted by molar-refractivity contribution is 5.85. The molecule has 0 aliphatic carbocycles. The molecule has 8 heteroatoms. The molecule has 8 nitrogen and oxygen atoms in total. The van der Waals surface area contributed by atoms with E-state index in [1.54, 1.807) is 18.7 Å². The molecule has 2 amide bonds. The monoisotopic (exact) mass is 361 g/mol. The summed E-state index contributed by atoms with van der Waals surface area (Å²) in [6, 6.07) is -0.238. The van der Waals surface area contributed by atoms with Crippen molar-refractivity contribution in [3.63, 3.8) is 0 Å². The van der Waals surface area contributed by atoms with Crippen molar-refractivity contribution in [3.8, 4) is 0 Å². The number of likely N-dealkylation sites (tertiary alicyclic amines) is 2. The molecule has 0 unspecified atom stereocenters. The van der Waals surface area contributed by atoms with Crippen LogP contribution in [-0.2, 0) is 16.0 Å². The number of likely N-dealkylation sites (N-methyl/N-ethyl adjacent to an activating group) is 1. The molecular formula is C18H27N5O3. The molecule has 3 heterocycles. The van der Waals surface area contributed by atoms with Crippen molar-refractivity contribution in [1.29, 1.82) is 0 Å². The minimum Gasteiger partial charge on any atom is -0.369 e. The molecule has 1 aromatic heterocycles. The number of hydrogen-bond donors (Lipinski definition) is 2. The Labute approximate surface area is 152 Å². The third-order valence-corrected chi connectivity index (χ3v) is 5.94. The number of rotatable bonds is 3. The van der Waals surface area contributed by atoms with Gasteiger partial charge in [-0.3, -0.25) is 14.4 Å². The summed E-state index contributed by atoms with van der Waals surface area (Å²) in [7, 11) is 1.99. The Morgan fingerprint density at radius 1 is 1.31 bits per heavy atom. The largest absolute Gasteiger partial charge is 0.369 e. The number of aryl methyl sites for hydroxylation is 2. The second kappa shape index (κ2) is 6.83. The van der Waals surface area contributed by atoms with E-state index in [1.807, 2.05) is 7.05 Å². The van der Waals surface area contributed by atoms with Crippen LogP contribution in [0.2, 0.25) is 0 Å². The predicted octanol–water partition coefficient (Wildman–Crippen LogP) is -0.273. The van der Waals surface area contributed by atoms with E-state index in [1.165, 1.54) is 0 Å². The topological polar surface area (TPSA) is 112 Å². The van der Waals surface area contributed by atoms with E-state index < -0.39 is 5.41 Å². The van der Waals surface area contributed by atoms with Crippen LogP contribution in [0.5, 0.6) is 0 Å². The maximum absolute atomic E-state index is 13.1. The van der Waals surface area contributed by atoms with Gasteiger partial charge in [-0.2, -0.15) is 0 Å². The number of nitrogens with one attached hydrogen (secondary N) is 1. The van der Waals surface area contributed by atoms with E-state index >= 15 is 0 Å². The second-order valence-electron chi connectivity index (χ2n) is 7.63. The number of nitrogens with two attached hydrogens (primary N) is 1. The number of H-pyrrole nitrogens is 1. The molecule has 26 heavy (non-hydrogen) atoms. The van der Waals surface area contributed by atoms with Gasteiger partial charge in [0.05, 0.1) is 17.9 Å². The minimum absolute atomic E-state index is 0.0104. The quantitative estimate of drug-likeness (QED) is 0.769. The van der Waals surface area contributed by atoms with Crippen molar-refractivity contribution in [2.24, 2.45) is 11.1 Å². The third-order valence-electron chi connectivity index (χ3n) is 5.94. The van der Waals surface area contributed by atoms with Crippen molar-refractivity contribution in [2.45, 2.75) is 45.6 Å². The van der Waals surface area contributed by atoms with Crippen molar-refractivity contribution >= 4 is 11.8 Å². The zero-order chi connectivity index (χ0) is 19.1. The fourth-order valence-corrected chi connectivity index (χ4v) is 4.45. The Balaban J connectivity index is 1.89. The molecule has 142 valence electrons. The standard InChI is InChI=1S/C18H27N5O3/c1-11-13(16(25)21-12(2)20-11)9-15(24)23-7-4-5-18(17(19)26)6-8-22(3)10-14(18)23/h14H,4-10H2,1-3H3,(H2,19,26)(H,20,21,25)/t14-,18+/m0/s1. The summed E-state index contributed by atoms with van der Waals surface area (Å²) >= 11 is 0. The zero-order valence-electron chi connectivity index (χ0n) is 15.7. The molecule has 1 aromatic rings. The van der Waals surface area contributed by atoms with Crippen molar-refractivity contribution in [2.75, 3.05) is 26.7 Å². The number of carbonyl (C=O) groups is 2. The average molecular weight is 361 g/mol. The molecule has 0 spiro atoms. The van der Waals surface area contributed by atoms with E-state index in [0.717, 1.165) is 19.4 Å². The summed E-state index contributed by atoms with van der Waals surface area (Å²) in [6.45, 7) is 5.45. The summed E-state index contributed by atoms with van der Waals surface area (Å²) in [5.41, 5.74) is 5.80. The molecule has 2 aliphatic rings. The fourth-order valence-electron chi connectivity index (χ4n) is 4.45. The van der Waals surface area contributed by atoms with Crippen molar-refractivity contribution in [3.05, 3.63) is 27.4 Å². The molecule has 0 radical (unpaired) electrons. The lowest BCUT2D eigenvalue weighted by Gasteiger charge is -2.52. The molecule has 2 aliphatic heterocycles. The number of aromatic nitrogens is 2. The fraction of sp³-hybridized carbons (Fsp3) is 0.667. The Kier molecular flexibility index (Phi) is 4.88. The van der Waals surface area contributed by atoms with Gasteiger partial charge in [0.15, 0.2) is 0 Å². The van der Waals surface area contributed by atoms with Crippen molar-refractivity contribution in [1.82, 2.24) is 19.8 Å². The van der Waals surface area contributed by atoms with E-state index in [4.69, 9.17) is 5.73 Å². The SMILES string of the molecule is Cc1nc(C)c(CC(=O)N2CCC[C@@]3(C(N)=O)CCN(C)C[C@H]23)c(=O)[nH]1. The first kappa shape index (κ1) is 18.6. The number of carbonyl (C=O) groups excluding carboxylic acids is 2. The Bertz CT molecular complexity index is 790. The Morgan fingerprint density at radius 2 is 2.04 bits per heavy atom. The lowest BCUT2D eigenvalue weighted by atomic mass is 9.67. The van der Waals surface area contributed by atoms with Gasteiger partial charge in [0, 0.05) is 24.3 Å². The van der Waals surface area contributed by atoms with Gasteiger partial charge in [-0.1, -0.05) is 0 Å². The summed E-state index contributed by atoms with van der Waals surface area (Å²) in [5.74, 6) is 0.0670. The molecule has 2 saturated heterocycles. The van der Waals surface area contributed by atoms with E-state index in [-0.39, 0.29) is 29.8 Å². The number of primary amides is 1. The zero-order valence-corrected chi connectivity index (χ0v) is 15.7. The molecule has 0 aromatic carbocycles. The highest BCUT2D eigenvalue weighted by Gasteiger charge is 2.52. The van der Waals surface area contributed by atoms with E-state index in [2.05, 4.69) is 14.9 Å². The number of fused-ring (bicyclic) bond motifs is 1. The van der Waals surface area contributed by atoms with Gasteiger partial charge in [-0.25, -0.2) is 4.98 Å². The predicted molar refractivity (Wildman–Crippen MR) is 96.5 cm³/mol. The number of aromatic amines is 1. The minimum atomic E-state index is -0.659. The summed E-state index contributed by atoms with van der Waals surface area (Å²) in [5, 5.41) is 0. The molecule has 2 fully saturated rings. The van der Waals surface area contributed by atoms with Crippen LogP contribution in [0.1, 0.15) is 36.3 Å². The lowest BCUT2D eigenvalue weighted by Crippen LogP contribution is -2.66. The van der Waals surface area contributed by atoms with Crippen LogP contribution in [0.3, 0.4) is 0 Å². The van der Waals surface area contributed by atoms with Crippen LogP contribution in [0.15, 0.2) is 4.79 Å². The Hall–Kier alpha value is -2.22. The second-order valence-corrected chi connectivity index (χ2v) is 7.63. The lowest BCUT2D eigenvalue weighted by molar-refractivity contribution is -0.151. The maximum Gasteiger partial charge on any atom is 0.254 e. The average Bonchev–Trinajstić information content (AvgIpc) is 2.57. The molecule has 3 rings (SSSR count). The van der Waals surface area contributed by atoms with E-state index in [9.17, 15) is 14.4 Å². The first-order valence-electron chi connectivity index (χ1n) is 9.09. The smallest absolute Gasteiger partial charge is 0.254 e. The summed E-state index contributed by atoms with van der Waals surface area (Å²) in [4.78, 5) is 48.4. The summed E-state index contributed by atoms with van der Waals surface area (Å²) < 4.78 is 0. The number of amides is 2. The van der Waals surface area contributed by atoms with Crippen LogP contribution < -0.4 is 11.3 Å². The number of nitrogens with zero attached hydrogens (tertiary/aromatic N) is 3. The van der Waals surface area contributed by atoms with Crippen LogP contribution in [0, 0.1) is 19.3 Å². The van der Waals surface area contributed by atoms with Gasteiger partial charge in [0.25, 0.3) is 5.56 Å². The third kappa shape index (κ3) is 3.13. The van der Waals surface area contributed by atoms with Crippen LogP contribution in [-0.4, -0.2) is 64.3 Å². The van der Waals surface area contributed by atoms with Crippen molar-refractivity contribution < 1.29 is 9.59 Å². The van der Waals surface area contributed by atoms with Gasteiger partial charge in [0.2, 0.25) is 11.8 Å². The molecule has 3 N–H and O–H groups in total. The Morgan fingerprint density at radius 3 is 2.69 bits per heavy atom. The van der Waals surface area contributed by atoms with Gasteiger partial charge < -0.3 is 20.5 Å². The van der Waals surface area contributed by atoms with Gasteiger partial charge in [-0.05, 0) is 46.7 Å². The first-order valence-corrected chi connectivity index (χ1v) is 9.09. The highest BCUT2D eigenvalue weighted by atomic mass is 16.2. The normalized spacial score (nSPS) is 26.4. The van der Waals surface area contributed by atoms with Gasteiger partial charge in [0.1, 0.15) is 5.82 Å². The number of piperidine rings is 2. The van der Waals surface area contributed by atoms with Gasteiger partial charge >= 0.3 is 0 Å². The molecule has 0 saturated carbocycles. The van der Waals surface area contributed by atoms with Crippen LogP contribution >= 0.6 is 0 Å². The molecular weight excluding hydrogens is 334 g/mol. The van der Waals surface area contributed by atoms with Gasteiger partial charge in [-0.15, -0.1) is 0 Å². The highest BCUT2D eigenvalue weighted by Crippen LogP contribution is 2.42. The van der Waals surface area contributed by atoms with Crippen LogP contribution in [0.25, 0.3) is 0 Å². The molecule has 2 atom stereocenters. The van der Waals surface area contributed by atoms with E-state index in [0.29, 0.717) is 36.6 Å². The maximum atomic E-state index is 13.1. The summed E-state index contributed by atoms with van der Waals surface area (Å²) in [6.07, 6.45) is 2.12. The number of hydrogen-bond acceptors (Lipinski definition) is 5.